The largest absolute Gasteiger partial charge is 0.379 e. The highest BCUT2D eigenvalue weighted by Crippen LogP contribution is 2.15. The van der Waals surface area contributed by atoms with Gasteiger partial charge in [-0.3, -0.25) is 23.9 Å². The second kappa shape index (κ2) is 11.8. The molecular weight excluding hydrogens is 456 g/mol. The van der Waals surface area contributed by atoms with Gasteiger partial charge in [0.15, 0.2) is 5.57 Å². The van der Waals surface area contributed by atoms with E-state index in [1.165, 1.54) is 10.8 Å². The fourth-order valence-corrected chi connectivity index (χ4v) is 4.15. The Morgan fingerprint density at radius 3 is 2.71 bits per heavy atom. The normalized spacial score (nSPS) is 13.2. The van der Waals surface area contributed by atoms with Crippen LogP contribution in [0.25, 0.3) is 11.5 Å². The molecular formula is C23H24N6O4S. The van der Waals surface area contributed by atoms with E-state index in [1.807, 2.05) is 11.0 Å². The average molecular weight is 481 g/mol. The topological polar surface area (TPSA) is 142 Å². The van der Waals surface area contributed by atoms with Crippen molar-refractivity contribution in [3.63, 3.8) is 0 Å². The number of nitriles is 1. The van der Waals surface area contributed by atoms with Crippen LogP contribution in [0.4, 0.5) is 11.4 Å². The summed E-state index contributed by atoms with van der Waals surface area (Å²) in [6.07, 6.45) is 1.48. The maximum atomic E-state index is 12.6. The van der Waals surface area contributed by atoms with Crippen LogP contribution in [0.5, 0.6) is 0 Å². The number of rotatable bonds is 7. The molecule has 3 rings (SSSR count). The molecule has 0 atom stereocenters. The van der Waals surface area contributed by atoms with Gasteiger partial charge in [-0.1, -0.05) is 28.9 Å². The third-order valence-electron chi connectivity index (χ3n) is 4.85. The molecule has 11 heteroatoms. The Bertz CT molecular complexity index is 1370. The fraction of sp³-hybridized carbons (Fsp3) is 0.304. The SMILES string of the molecule is CCn1c(=C=C(C#N)C(N)=O)sc(=C=CNc2cccc(NC(=O)CN3CCOCC3)c2)c1=O. The summed E-state index contributed by atoms with van der Waals surface area (Å²) >= 11 is 1.04. The van der Waals surface area contributed by atoms with Crippen LogP contribution in [0, 0.1) is 11.3 Å². The number of ether oxygens (including phenoxy) is 1. The third kappa shape index (κ3) is 6.56. The molecule has 1 fully saturated rings. The maximum Gasteiger partial charge on any atom is 0.277 e. The second-order valence-corrected chi connectivity index (χ2v) is 8.21. The first-order chi connectivity index (χ1) is 16.4. The Labute approximate surface area is 199 Å². The number of nitrogens with one attached hydrogen (secondary N) is 2. The van der Waals surface area contributed by atoms with Crippen molar-refractivity contribution in [3.8, 4) is 6.07 Å². The minimum Gasteiger partial charge on any atom is -0.379 e. The first-order valence-electron chi connectivity index (χ1n) is 10.5. The van der Waals surface area contributed by atoms with Crippen LogP contribution >= 0.6 is 11.3 Å². The number of carbonyl (C=O) groups is 2. The fourth-order valence-electron chi connectivity index (χ4n) is 3.17. The molecule has 0 radical (unpaired) electrons. The van der Waals surface area contributed by atoms with Crippen molar-refractivity contribution < 1.29 is 14.3 Å². The zero-order chi connectivity index (χ0) is 24.5. The molecule has 0 unspecified atom stereocenters. The average Bonchev–Trinajstić information content (AvgIpc) is 3.12. The van der Waals surface area contributed by atoms with E-state index >= 15 is 0 Å². The molecule has 1 aromatic carbocycles. The molecule has 2 amide bonds. The minimum atomic E-state index is -0.911. The molecule has 2 aromatic rings. The van der Waals surface area contributed by atoms with Crippen molar-refractivity contribution in [2.24, 2.45) is 5.73 Å². The van der Waals surface area contributed by atoms with Crippen LogP contribution in [-0.2, 0) is 20.9 Å². The van der Waals surface area contributed by atoms with Crippen molar-refractivity contribution in [2.75, 3.05) is 43.5 Å². The summed E-state index contributed by atoms with van der Waals surface area (Å²) in [6.45, 7) is 5.11. The van der Waals surface area contributed by atoms with Gasteiger partial charge in [-0.15, -0.1) is 0 Å². The Kier molecular flexibility index (Phi) is 8.60. The first kappa shape index (κ1) is 24.7. The second-order valence-electron chi connectivity index (χ2n) is 7.21. The highest BCUT2D eigenvalue weighted by Gasteiger charge is 2.14. The van der Waals surface area contributed by atoms with Crippen molar-refractivity contribution in [1.82, 2.24) is 9.47 Å². The van der Waals surface area contributed by atoms with E-state index in [1.54, 1.807) is 31.2 Å². The first-order valence-corrected chi connectivity index (χ1v) is 11.3. The summed E-state index contributed by atoms with van der Waals surface area (Å²) in [4.78, 5) is 38.2. The predicted octanol–water partition coefficient (Wildman–Crippen LogP) is -0.480. The van der Waals surface area contributed by atoms with Crippen LogP contribution in [0.3, 0.4) is 0 Å². The highest BCUT2D eigenvalue weighted by molar-refractivity contribution is 7.07. The standard InChI is InChI=1S/C23H24N6O4S/c1-2-29-21(12-16(14-24)22(25)31)34-19(23(29)32)6-7-26-17-4-3-5-18(13-17)27-20(30)15-28-8-10-33-11-9-28/h3-5,7,13,26H,2,8-11,15H2,1H3,(H2,25,31)(H,27,30). The van der Waals surface area contributed by atoms with Crippen molar-refractivity contribution in [2.45, 2.75) is 13.5 Å². The summed E-state index contributed by atoms with van der Waals surface area (Å²) in [7, 11) is 0. The van der Waals surface area contributed by atoms with Gasteiger partial charge >= 0.3 is 0 Å². The van der Waals surface area contributed by atoms with Crippen LogP contribution in [0.2, 0.25) is 0 Å². The lowest BCUT2D eigenvalue weighted by Crippen LogP contribution is -2.41. The molecule has 0 bridgehead atoms. The van der Waals surface area contributed by atoms with E-state index in [0.717, 1.165) is 24.4 Å². The van der Waals surface area contributed by atoms with Crippen LogP contribution in [0.15, 0.2) is 40.8 Å². The summed E-state index contributed by atoms with van der Waals surface area (Å²) in [5.74, 6) is -1.02. The number of anilines is 2. The molecule has 1 saturated heterocycles. The van der Waals surface area contributed by atoms with Gasteiger partial charge in [0.25, 0.3) is 11.5 Å². The van der Waals surface area contributed by atoms with Crippen LogP contribution in [0.1, 0.15) is 6.92 Å². The minimum absolute atomic E-state index is 0.107. The predicted molar refractivity (Wildman–Crippen MR) is 129 cm³/mol. The third-order valence-corrected chi connectivity index (χ3v) is 5.86. The van der Waals surface area contributed by atoms with E-state index in [4.69, 9.17) is 15.7 Å². The summed E-state index contributed by atoms with van der Waals surface area (Å²) in [5, 5.41) is 14.9. The van der Waals surface area contributed by atoms with Gasteiger partial charge in [0.05, 0.1) is 19.8 Å². The quantitative estimate of drug-likeness (QED) is 0.359. The Morgan fingerprint density at radius 2 is 2.03 bits per heavy atom. The van der Waals surface area contributed by atoms with Crippen molar-refractivity contribution >= 4 is 46.0 Å². The Morgan fingerprint density at radius 1 is 1.29 bits per heavy atom. The number of amides is 2. The zero-order valence-corrected chi connectivity index (χ0v) is 19.4. The van der Waals surface area contributed by atoms with Crippen molar-refractivity contribution in [3.05, 3.63) is 55.6 Å². The van der Waals surface area contributed by atoms with Gasteiger partial charge in [-0.2, -0.15) is 5.26 Å². The zero-order valence-electron chi connectivity index (χ0n) is 18.6. The van der Waals surface area contributed by atoms with Crippen LogP contribution in [-0.4, -0.2) is 54.1 Å². The van der Waals surface area contributed by atoms with Gasteiger partial charge in [0.2, 0.25) is 5.91 Å². The molecule has 1 aliphatic rings. The number of thiazole rings is 1. The number of hydrogen-bond donors (Lipinski definition) is 3. The molecule has 2 heterocycles. The van der Waals surface area contributed by atoms with Gasteiger partial charge in [-0.25, -0.2) is 0 Å². The summed E-state index contributed by atoms with van der Waals surface area (Å²) in [6, 6.07) is 8.83. The number of carbonyl (C=O) groups excluding carboxylic acids is 2. The number of benzene rings is 1. The number of nitrogens with two attached hydrogens (primary N) is 1. The smallest absolute Gasteiger partial charge is 0.277 e. The van der Waals surface area contributed by atoms with Gasteiger partial charge in [0.1, 0.15) is 15.3 Å². The summed E-state index contributed by atoms with van der Waals surface area (Å²) in [5.41, 5.74) is 11.3. The number of morpholine rings is 1. The van der Waals surface area contributed by atoms with Crippen LogP contribution < -0.4 is 31.1 Å². The van der Waals surface area contributed by atoms with Gasteiger partial charge in [0, 0.05) is 37.2 Å². The van der Waals surface area contributed by atoms with Crippen molar-refractivity contribution in [1.29, 1.82) is 5.26 Å². The lowest BCUT2D eigenvalue weighted by atomic mass is 10.2. The maximum absolute atomic E-state index is 12.6. The van der Waals surface area contributed by atoms with E-state index in [-0.39, 0.29) is 21.6 Å². The molecule has 0 spiro atoms. The highest BCUT2D eigenvalue weighted by atomic mass is 32.1. The molecule has 0 aliphatic carbocycles. The monoisotopic (exact) mass is 480 g/mol. The molecule has 176 valence electrons. The number of hydrogen-bond acceptors (Lipinski definition) is 8. The van der Waals surface area contributed by atoms with E-state index in [0.29, 0.717) is 42.3 Å². The molecule has 1 aliphatic heterocycles. The van der Waals surface area contributed by atoms with Gasteiger partial charge in [-0.05, 0) is 25.1 Å². The molecule has 0 saturated carbocycles. The lowest BCUT2D eigenvalue weighted by Gasteiger charge is -2.25. The lowest BCUT2D eigenvalue weighted by molar-refractivity contribution is -0.118. The molecule has 34 heavy (non-hydrogen) atoms. The van der Waals surface area contributed by atoms with E-state index < -0.39 is 5.91 Å². The molecule has 10 nitrogen and oxygen atoms in total. The number of nitrogens with zero attached hydrogens (tertiary/aromatic N) is 3. The molecule has 1 aromatic heterocycles. The van der Waals surface area contributed by atoms with E-state index in [2.05, 4.69) is 22.1 Å². The van der Waals surface area contributed by atoms with E-state index in [9.17, 15) is 14.4 Å². The Hall–Kier alpha value is -3.90. The number of primary amides is 1. The van der Waals surface area contributed by atoms with Gasteiger partial charge < -0.3 is 21.1 Å². The Balaban J connectivity index is 1.79. The summed E-state index contributed by atoms with van der Waals surface area (Å²) < 4.78 is 7.25. The molecule has 4 N–H and O–H groups in total. The number of aromatic nitrogens is 1.